The molecule has 6 nitrogen and oxygen atoms in total. The summed E-state index contributed by atoms with van der Waals surface area (Å²) in [6, 6.07) is 9.92. The molecule has 0 aliphatic rings. The van der Waals surface area contributed by atoms with Crippen LogP contribution in [0.4, 0.5) is 0 Å². The highest BCUT2D eigenvalue weighted by atomic mass is 16.2. The third-order valence-corrected chi connectivity index (χ3v) is 4.32. The molecule has 0 radical (unpaired) electrons. The number of pyridine rings is 1. The molecule has 0 saturated carbocycles. The maximum absolute atomic E-state index is 12.7. The zero-order valence-electron chi connectivity index (χ0n) is 14.5. The summed E-state index contributed by atoms with van der Waals surface area (Å²) in [6.45, 7) is 2.39. The molecule has 0 spiro atoms. The summed E-state index contributed by atoms with van der Waals surface area (Å²) in [5.74, 6) is -0.104. The molecule has 0 aromatic carbocycles. The maximum Gasteiger partial charge on any atom is 0.270 e. The first kappa shape index (κ1) is 16.3. The number of amides is 1. The number of aryl methyl sites for hydroxylation is 2. The summed E-state index contributed by atoms with van der Waals surface area (Å²) in [7, 11) is 6.05. The standard InChI is InChI=1S/C18H23N5O/c1-13-17(23-11-6-5-9-16(23)20-13)18(24)19-12-15(21(2)3)14-8-7-10-22(14)4/h5-11,15H,12H2,1-4H3,(H,19,24). The lowest BCUT2D eigenvalue weighted by molar-refractivity contribution is 0.0934. The van der Waals surface area contributed by atoms with Crippen LogP contribution in [0, 0.1) is 6.92 Å². The van der Waals surface area contributed by atoms with Gasteiger partial charge in [0.25, 0.3) is 5.91 Å². The fourth-order valence-electron chi connectivity index (χ4n) is 3.03. The van der Waals surface area contributed by atoms with Crippen LogP contribution in [0.1, 0.15) is 27.9 Å². The Morgan fingerprint density at radius 3 is 2.71 bits per heavy atom. The van der Waals surface area contributed by atoms with Crippen LogP contribution in [-0.2, 0) is 7.05 Å². The number of carbonyl (C=O) groups excluding carboxylic acids is 1. The van der Waals surface area contributed by atoms with Crippen LogP contribution < -0.4 is 5.32 Å². The van der Waals surface area contributed by atoms with Crippen molar-refractivity contribution in [2.45, 2.75) is 13.0 Å². The van der Waals surface area contributed by atoms with E-state index in [1.165, 1.54) is 0 Å². The monoisotopic (exact) mass is 325 g/mol. The average molecular weight is 325 g/mol. The van der Waals surface area contributed by atoms with Gasteiger partial charge in [-0.3, -0.25) is 14.1 Å². The van der Waals surface area contributed by atoms with Gasteiger partial charge in [-0.1, -0.05) is 6.07 Å². The summed E-state index contributed by atoms with van der Waals surface area (Å²) in [5, 5.41) is 3.06. The summed E-state index contributed by atoms with van der Waals surface area (Å²) in [5.41, 5.74) is 3.27. The molecule has 3 aromatic heterocycles. The highest BCUT2D eigenvalue weighted by Crippen LogP contribution is 2.18. The van der Waals surface area contributed by atoms with Crippen LogP contribution >= 0.6 is 0 Å². The molecule has 0 saturated heterocycles. The molecule has 6 heteroatoms. The molecule has 1 unspecified atom stereocenters. The number of fused-ring (bicyclic) bond motifs is 1. The number of nitrogens with one attached hydrogen (secondary N) is 1. The van der Waals surface area contributed by atoms with Crippen molar-refractivity contribution in [3.05, 3.63) is 59.8 Å². The van der Waals surface area contributed by atoms with Crippen molar-refractivity contribution in [2.75, 3.05) is 20.6 Å². The number of hydrogen-bond donors (Lipinski definition) is 1. The van der Waals surface area contributed by atoms with Crippen molar-refractivity contribution in [3.8, 4) is 0 Å². The Hall–Kier alpha value is -2.60. The van der Waals surface area contributed by atoms with Crippen LogP contribution in [0.25, 0.3) is 5.65 Å². The minimum Gasteiger partial charge on any atom is -0.353 e. The van der Waals surface area contributed by atoms with E-state index >= 15 is 0 Å². The van der Waals surface area contributed by atoms with E-state index in [9.17, 15) is 4.79 Å². The van der Waals surface area contributed by atoms with E-state index in [0.29, 0.717) is 12.2 Å². The molecule has 3 rings (SSSR count). The maximum atomic E-state index is 12.7. The molecule has 0 fully saturated rings. The van der Waals surface area contributed by atoms with Gasteiger partial charge in [-0.05, 0) is 45.3 Å². The Morgan fingerprint density at radius 2 is 2.04 bits per heavy atom. The van der Waals surface area contributed by atoms with E-state index in [-0.39, 0.29) is 11.9 Å². The Labute approximate surface area is 141 Å². The molecule has 126 valence electrons. The third-order valence-electron chi connectivity index (χ3n) is 4.32. The Balaban J connectivity index is 1.81. The van der Waals surface area contributed by atoms with E-state index in [0.717, 1.165) is 17.0 Å². The second-order valence-electron chi connectivity index (χ2n) is 6.21. The first-order valence-corrected chi connectivity index (χ1v) is 7.98. The van der Waals surface area contributed by atoms with Gasteiger partial charge in [-0.15, -0.1) is 0 Å². The summed E-state index contributed by atoms with van der Waals surface area (Å²) in [6.07, 6.45) is 3.88. The largest absolute Gasteiger partial charge is 0.353 e. The first-order chi connectivity index (χ1) is 11.5. The van der Waals surface area contributed by atoms with Crippen LogP contribution in [0.3, 0.4) is 0 Å². The summed E-state index contributed by atoms with van der Waals surface area (Å²) < 4.78 is 3.91. The van der Waals surface area contributed by atoms with E-state index in [4.69, 9.17) is 0 Å². The number of likely N-dealkylation sites (N-methyl/N-ethyl adjacent to an activating group) is 1. The van der Waals surface area contributed by atoms with Crippen molar-refractivity contribution in [2.24, 2.45) is 7.05 Å². The van der Waals surface area contributed by atoms with Gasteiger partial charge in [0.2, 0.25) is 0 Å². The summed E-state index contributed by atoms with van der Waals surface area (Å²) >= 11 is 0. The lowest BCUT2D eigenvalue weighted by atomic mass is 10.2. The number of carbonyl (C=O) groups is 1. The van der Waals surface area contributed by atoms with Gasteiger partial charge in [0.05, 0.1) is 11.7 Å². The van der Waals surface area contributed by atoms with Crippen LogP contribution in [0.5, 0.6) is 0 Å². The number of aromatic nitrogens is 3. The molecule has 3 aromatic rings. The fourth-order valence-corrected chi connectivity index (χ4v) is 3.03. The predicted octanol–water partition coefficient (Wildman–Crippen LogP) is 2.01. The van der Waals surface area contributed by atoms with E-state index in [1.54, 1.807) is 0 Å². The molecule has 24 heavy (non-hydrogen) atoms. The minimum atomic E-state index is -0.104. The van der Waals surface area contributed by atoms with Crippen molar-refractivity contribution >= 4 is 11.6 Å². The van der Waals surface area contributed by atoms with Gasteiger partial charge in [0, 0.05) is 31.7 Å². The van der Waals surface area contributed by atoms with Crippen molar-refractivity contribution in [1.82, 2.24) is 24.2 Å². The molecule has 0 aliphatic heterocycles. The first-order valence-electron chi connectivity index (χ1n) is 7.98. The number of imidazole rings is 1. The highest BCUT2D eigenvalue weighted by Gasteiger charge is 2.20. The topological polar surface area (TPSA) is 54.6 Å². The van der Waals surface area contributed by atoms with Gasteiger partial charge in [0.15, 0.2) is 0 Å². The van der Waals surface area contributed by atoms with Gasteiger partial charge in [0.1, 0.15) is 11.3 Å². The average Bonchev–Trinajstić information content (AvgIpc) is 3.09. The zero-order chi connectivity index (χ0) is 17.3. The predicted molar refractivity (Wildman–Crippen MR) is 94.1 cm³/mol. The quantitative estimate of drug-likeness (QED) is 0.781. The zero-order valence-corrected chi connectivity index (χ0v) is 14.5. The number of hydrogen-bond acceptors (Lipinski definition) is 3. The normalized spacial score (nSPS) is 12.7. The SMILES string of the molecule is Cc1nc2ccccn2c1C(=O)NCC(c1cccn1C)N(C)C. The van der Waals surface area contributed by atoms with Crippen molar-refractivity contribution < 1.29 is 4.79 Å². The Bertz CT molecular complexity index is 861. The molecule has 1 atom stereocenters. The van der Waals surface area contributed by atoms with E-state index in [1.807, 2.05) is 69.1 Å². The molecule has 0 aliphatic carbocycles. The second kappa shape index (κ2) is 6.49. The molecule has 1 N–H and O–H groups in total. The fraction of sp³-hybridized carbons (Fsp3) is 0.333. The summed E-state index contributed by atoms with van der Waals surface area (Å²) in [4.78, 5) is 19.3. The number of rotatable bonds is 5. The van der Waals surface area contributed by atoms with Gasteiger partial charge in [-0.2, -0.15) is 0 Å². The van der Waals surface area contributed by atoms with Crippen LogP contribution in [0.2, 0.25) is 0 Å². The van der Waals surface area contributed by atoms with E-state index in [2.05, 4.69) is 25.8 Å². The van der Waals surface area contributed by atoms with E-state index < -0.39 is 0 Å². The van der Waals surface area contributed by atoms with Gasteiger partial charge in [-0.25, -0.2) is 4.98 Å². The second-order valence-corrected chi connectivity index (χ2v) is 6.21. The lowest BCUT2D eigenvalue weighted by Crippen LogP contribution is -2.36. The molecule has 3 heterocycles. The molecule has 1 amide bonds. The lowest BCUT2D eigenvalue weighted by Gasteiger charge is -2.25. The van der Waals surface area contributed by atoms with Crippen molar-refractivity contribution in [3.63, 3.8) is 0 Å². The molecular weight excluding hydrogens is 302 g/mol. The molecular formula is C18H23N5O. The minimum absolute atomic E-state index is 0.104. The third kappa shape index (κ3) is 2.92. The van der Waals surface area contributed by atoms with Crippen LogP contribution in [-0.4, -0.2) is 45.4 Å². The molecule has 0 bridgehead atoms. The smallest absolute Gasteiger partial charge is 0.270 e. The van der Waals surface area contributed by atoms with Crippen molar-refractivity contribution in [1.29, 1.82) is 0 Å². The van der Waals surface area contributed by atoms with Gasteiger partial charge < -0.3 is 9.88 Å². The van der Waals surface area contributed by atoms with Gasteiger partial charge >= 0.3 is 0 Å². The Kier molecular flexibility index (Phi) is 4.40. The highest BCUT2D eigenvalue weighted by molar-refractivity contribution is 5.94. The van der Waals surface area contributed by atoms with Crippen LogP contribution in [0.15, 0.2) is 42.7 Å². The number of nitrogens with zero attached hydrogens (tertiary/aromatic N) is 4. The Morgan fingerprint density at radius 1 is 1.25 bits per heavy atom.